The van der Waals surface area contributed by atoms with Crippen LogP contribution in [-0.2, 0) is 10.0 Å². The van der Waals surface area contributed by atoms with Crippen LogP contribution in [0, 0.1) is 0 Å². The number of aromatic carboxylic acids is 1. The van der Waals surface area contributed by atoms with Crippen LogP contribution in [0.5, 0.6) is 0 Å². The van der Waals surface area contributed by atoms with Gasteiger partial charge in [0.15, 0.2) is 0 Å². The molecule has 20 heavy (non-hydrogen) atoms. The summed E-state index contributed by atoms with van der Waals surface area (Å²) in [6, 6.07) is 1.09. The zero-order valence-electron chi connectivity index (χ0n) is 11.5. The number of nitrogens with zero attached hydrogens (tertiary/aromatic N) is 1. The first-order chi connectivity index (χ1) is 9.03. The van der Waals surface area contributed by atoms with E-state index in [2.05, 4.69) is 4.72 Å². The van der Waals surface area contributed by atoms with E-state index in [1.807, 2.05) is 0 Å². The van der Waals surface area contributed by atoms with E-state index < -0.39 is 21.6 Å². The van der Waals surface area contributed by atoms with E-state index in [0.29, 0.717) is 6.54 Å². The molecule has 1 unspecified atom stereocenters. The minimum atomic E-state index is -3.82. The van der Waals surface area contributed by atoms with E-state index in [1.54, 1.807) is 19.0 Å². The number of aliphatic hydroxyl groups is 1. The van der Waals surface area contributed by atoms with Gasteiger partial charge < -0.3 is 15.1 Å². The van der Waals surface area contributed by atoms with Gasteiger partial charge in [-0.15, -0.1) is 11.3 Å². The van der Waals surface area contributed by atoms with Crippen LogP contribution < -0.4 is 4.72 Å². The number of carboxylic acid groups (broad SMARTS) is 1. The quantitative estimate of drug-likeness (QED) is 0.654. The second-order valence-corrected chi connectivity index (χ2v) is 7.69. The molecular weight excluding hydrogens is 304 g/mol. The van der Waals surface area contributed by atoms with Gasteiger partial charge in [-0.2, -0.15) is 0 Å². The number of hydrogen-bond acceptors (Lipinski definition) is 6. The first-order valence-corrected chi connectivity index (χ1v) is 8.08. The summed E-state index contributed by atoms with van der Waals surface area (Å²) in [5, 5.41) is 20.1. The molecule has 0 aromatic carbocycles. The van der Waals surface area contributed by atoms with Crippen molar-refractivity contribution in [3.05, 3.63) is 16.3 Å². The Morgan fingerprint density at radius 1 is 1.50 bits per heavy atom. The zero-order chi connectivity index (χ0) is 15.6. The molecule has 0 aliphatic rings. The average molecular weight is 322 g/mol. The van der Waals surface area contributed by atoms with Crippen molar-refractivity contribution in [3.8, 4) is 0 Å². The van der Waals surface area contributed by atoms with E-state index in [4.69, 9.17) is 5.11 Å². The highest BCUT2D eigenvalue weighted by atomic mass is 32.2. The van der Waals surface area contributed by atoms with Crippen molar-refractivity contribution in [2.75, 3.05) is 27.2 Å². The van der Waals surface area contributed by atoms with Crippen molar-refractivity contribution in [2.45, 2.75) is 17.4 Å². The standard InChI is InChI=1S/C11H18N2O5S2/c1-11(16,7-13(2)3)6-12-20(17,18)8-4-9(10(14)15)19-5-8/h4-5,12,16H,6-7H2,1-3H3,(H,14,15). The van der Waals surface area contributed by atoms with Crippen LogP contribution >= 0.6 is 11.3 Å². The molecule has 0 bridgehead atoms. The summed E-state index contributed by atoms with van der Waals surface area (Å²) in [6.45, 7) is 1.65. The maximum Gasteiger partial charge on any atom is 0.345 e. The van der Waals surface area contributed by atoms with Crippen molar-refractivity contribution < 1.29 is 23.4 Å². The fourth-order valence-electron chi connectivity index (χ4n) is 1.64. The molecular formula is C11H18N2O5S2. The Hall–Kier alpha value is -1.00. The van der Waals surface area contributed by atoms with Crippen LogP contribution in [0.25, 0.3) is 0 Å². The average Bonchev–Trinajstić information content (AvgIpc) is 2.75. The molecule has 9 heteroatoms. The second kappa shape index (κ2) is 6.19. The van der Waals surface area contributed by atoms with Crippen molar-refractivity contribution >= 4 is 27.3 Å². The van der Waals surface area contributed by atoms with Gasteiger partial charge in [0, 0.05) is 18.5 Å². The first-order valence-electron chi connectivity index (χ1n) is 5.72. The Balaban J connectivity index is 2.77. The molecule has 1 heterocycles. The summed E-state index contributed by atoms with van der Waals surface area (Å²) >= 11 is 0.839. The number of nitrogens with one attached hydrogen (secondary N) is 1. The topological polar surface area (TPSA) is 107 Å². The van der Waals surface area contributed by atoms with Gasteiger partial charge in [-0.05, 0) is 27.1 Å². The van der Waals surface area contributed by atoms with Crippen molar-refractivity contribution in [1.82, 2.24) is 9.62 Å². The van der Waals surface area contributed by atoms with Gasteiger partial charge in [-0.3, -0.25) is 0 Å². The van der Waals surface area contributed by atoms with Crippen molar-refractivity contribution in [1.29, 1.82) is 0 Å². The van der Waals surface area contributed by atoms with Crippen LogP contribution in [0.2, 0.25) is 0 Å². The Kier molecular flexibility index (Phi) is 5.27. The monoisotopic (exact) mass is 322 g/mol. The maximum atomic E-state index is 12.0. The molecule has 1 atom stereocenters. The largest absolute Gasteiger partial charge is 0.477 e. The predicted molar refractivity (Wildman–Crippen MR) is 75.6 cm³/mol. The summed E-state index contributed by atoms with van der Waals surface area (Å²) in [5.74, 6) is -1.17. The Labute approximate surface area is 121 Å². The first kappa shape index (κ1) is 17.1. The lowest BCUT2D eigenvalue weighted by Crippen LogP contribution is -2.47. The Bertz CT molecular complexity index is 577. The molecule has 0 spiro atoms. The minimum Gasteiger partial charge on any atom is -0.477 e. The smallest absolute Gasteiger partial charge is 0.345 e. The molecule has 0 aliphatic heterocycles. The molecule has 0 radical (unpaired) electrons. The van der Waals surface area contributed by atoms with E-state index in [1.165, 1.54) is 12.3 Å². The van der Waals surface area contributed by atoms with Crippen molar-refractivity contribution in [2.24, 2.45) is 0 Å². The molecule has 1 aromatic heterocycles. The van der Waals surface area contributed by atoms with Gasteiger partial charge in [0.05, 0.1) is 10.5 Å². The van der Waals surface area contributed by atoms with E-state index >= 15 is 0 Å². The summed E-state index contributed by atoms with van der Waals surface area (Å²) in [7, 11) is -0.294. The number of thiophene rings is 1. The van der Waals surface area contributed by atoms with Crippen LogP contribution in [0.4, 0.5) is 0 Å². The van der Waals surface area contributed by atoms with E-state index in [0.717, 1.165) is 17.4 Å². The highest BCUT2D eigenvalue weighted by Gasteiger charge is 2.26. The Morgan fingerprint density at radius 3 is 2.55 bits per heavy atom. The van der Waals surface area contributed by atoms with Crippen molar-refractivity contribution in [3.63, 3.8) is 0 Å². The number of likely N-dealkylation sites (N-methyl/N-ethyl adjacent to an activating group) is 1. The number of carboxylic acids is 1. The zero-order valence-corrected chi connectivity index (χ0v) is 13.1. The fourth-order valence-corrected chi connectivity index (χ4v) is 3.92. The third-order valence-electron chi connectivity index (χ3n) is 2.40. The minimum absolute atomic E-state index is 0.0505. The number of carbonyl (C=O) groups is 1. The van der Waals surface area contributed by atoms with Gasteiger partial charge >= 0.3 is 5.97 Å². The number of sulfonamides is 1. The molecule has 0 saturated carbocycles. The molecule has 3 N–H and O–H groups in total. The second-order valence-electron chi connectivity index (χ2n) is 5.01. The summed E-state index contributed by atoms with van der Waals surface area (Å²) in [4.78, 5) is 12.3. The number of rotatable bonds is 7. The Morgan fingerprint density at radius 2 is 2.10 bits per heavy atom. The normalized spacial score (nSPS) is 15.2. The highest BCUT2D eigenvalue weighted by molar-refractivity contribution is 7.89. The van der Waals surface area contributed by atoms with Crippen LogP contribution in [-0.4, -0.2) is 62.3 Å². The lowest BCUT2D eigenvalue weighted by molar-refractivity contribution is 0.0386. The molecule has 0 fully saturated rings. The number of hydrogen-bond donors (Lipinski definition) is 3. The summed E-state index contributed by atoms with van der Waals surface area (Å²) in [6.07, 6.45) is 0. The van der Waals surface area contributed by atoms with Gasteiger partial charge in [0.2, 0.25) is 10.0 Å². The third kappa shape index (κ3) is 4.84. The van der Waals surface area contributed by atoms with Crippen LogP contribution in [0.15, 0.2) is 16.3 Å². The molecule has 114 valence electrons. The van der Waals surface area contributed by atoms with Gasteiger partial charge in [-0.25, -0.2) is 17.9 Å². The summed E-state index contributed by atoms with van der Waals surface area (Å²) < 4.78 is 26.2. The van der Waals surface area contributed by atoms with Crippen LogP contribution in [0.1, 0.15) is 16.6 Å². The molecule has 1 rings (SSSR count). The fraction of sp³-hybridized carbons (Fsp3) is 0.545. The molecule has 1 aromatic rings. The third-order valence-corrected chi connectivity index (χ3v) is 4.84. The lowest BCUT2D eigenvalue weighted by Gasteiger charge is -2.26. The molecule has 7 nitrogen and oxygen atoms in total. The highest BCUT2D eigenvalue weighted by Crippen LogP contribution is 2.19. The van der Waals surface area contributed by atoms with E-state index in [-0.39, 0.29) is 16.3 Å². The lowest BCUT2D eigenvalue weighted by atomic mass is 10.1. The molecule has 0 aliphatic carbocycles. The SMILES string of the molecule is CN(C)CC(C)(O)CNS(=O)(=O)c1csc(C(=O)O)c1. The maximum absolute atomic E-state index is 12.0. The van der Waals surface area contributed by atoms with Gasteiger partial charge in [-0.1, -0.05) is 0 Å². The summed E-state index contributed by atoms with van der Waals surface area (Å²) in [5.41, 5.74) is -1.22. The molecule has 0 saturated heterocycles. The van der Waals surface area contributed by atoms with Gasteiger partial charge in [0.1, 0.15) is 4.88 Å². The van der Waals surface area contributed by atoms with Gasteiger partial charge in [0.25, 0.3) is 0 Å². The molecule has 0 amide bonds. The predicted octanol–water partition coefficient (Wildman–Crippen LogP) is 0.0372. The van der Waals surface area contributed by atoms with E-state index in [9.17, 15) is 18.3 Å². The van der Waals surface area contributed by atoms with Crippen LogP contribution in [0.3, 0.4) is 0 Å².